The molecule has 2 aromatic carbocycles. The Morgan fingerprint density at radius 1 is 1.13 bits per heavy atom. The first-order valence-electron chi connectivity index (χ1n) is 10.0. The fourth-order valence-electron chi connectivity index (χ4n) is 3.40. The van der Waals surface area contributed by atoms with Gasteiger partial charge in [-0.05, 0) is 35.6 Å². The zero-order valence-corrected chi connectivity index (χ0v) is 17.1. The van der Waals surface area contributed by atoms with E-state index in [1.54, 1.807) is 6.20 Å². The molecule has 0 unspecified atom stereocenters. The average Bonchev–Trinajstić information content (AvgIpc) is 3.41. The van der Waals surface area contributed by atoms with Crippen molar-refractivity contribution in [3.05, 3.63) is 72.3 Å². The number of amides is 1. The van der Waals surface area contributed by atoms with Crippen molar-refractivity contribution in [3.63, 3.8) is 0 Å². The van der Waals surface area contributed by atoms with Gasteiger partial charge < -0.3 is 15.0 Å². The monoisotopic (exact) mass is 403 g/mol. The first kappa shape index (κ1) is 19.7. The Morgan fingerprint density at radius 3 is 2.70 bits per heavy atom. The molecule has 30 heavy (non-hydrogen) atoms. The normalized spacial score (nSPS) is 12.2. The molecule has 0 fully saturated rings. The lowest BCUT2D eigenvalue weighted by atomic mass is 10.0. The van der Waals surface area contributed by atoms with Gasteiger partial charge in [-0.1, -0.05) is 50.2 Å². The van der Waals surface area contributed by atoms with Crippen molar-refractivity contribution in [3.8, 4) is 11.1 Å². The van der Waals surface area contributed by atoms with E-state index in [0.717, 1.165) is 40.0 Å². The number of ether oxygens (including phenoxy) is 1. The largest absolute Gasteiger partial charge is 0.445 e. The van der Waals surface area contributed by atoms with Gasteiger partial charge in [0.05, 0.1) is 23.3 Å². The van der Waals surface area contributed by atoms with E-state index in [1.807, 2.05) is 54.7 Å². The number of aromatic amines is 2. The zero-order chi connectivity index (χ0) is 20.9. The number of carbonyl (C=O) groups is 1. The van der Waals surface area contributed by atoms with E-state index in [9.17, 15) is 4.79 Å². The third-order valence-corrected chi connectivity index (χ3v) is 4.87. The van der Waals surface area contributed by atoms with Gasteiger partial charge in [0.25, 0.3) is 0 Å². The van der Waals surface area contributed by atoms with E-state index in [0.29, 0.717) is 5.92 Å². The topological polar surface area (TPSA) is 95.7 Å². The second-order valence-corrected chi connectivity index (χ2v) is 7.73. The van der Waals surface area contributed by atoms with Crippen molar-refractivity contribution in [2.24, 2.45) is 5.92 Å². The number of nitrogens with one attached hydrogen (secondary N) is 3. The molecule has 0 radical (unpaired) electrons. The zero-order valence-electron chi connectivity index (χ0n) is 17.1. The Bertz CT molecular complexity index is 1100. The Kier molecular flexibility index (Phi) is 5.79. The first-order chi connectivity index (χ1) is 14.6. The smallest absolute Gasteiger partial charge is 0.408 e. The maximum atomic E-state index is 12.4. The number of nitrogens with zero attached hydrogens (tertiary/aromatic N) is 2. The predicted octanol–water partition coefficient (Wildman–Crippen LogP) is 4.97. The van der Waals surface area contributed by atoms with Crippen molar-refractivity contribution in [2.75, 3.05) is 0 Å². The highest BCUT2D eigenvalue weighted by Gasteiger charge is 2.21. The molecule has 154 valence electrons. The Labute approximate surface area is 174 Å². The van der Waals surface area contributed by atoms with E-state index in [2.05, 4.69) is 34.3 Å². The van der Waals surface area contributed by atoms with Gasteiger partial charge in [0, 0.05) is 11.8 Å². The molecule has 2 heterocycles. The fourth-order valence-corrected chi connectivity index (χ4v) is 3.40. The number of rotatable bonds is 7. The number of hydrogen-bond donors (Lipinski definition) is 3. The summed E-state index contributed by atoms with van der Waals surface area (Å²) in [5, 5.41) is 9.80. The van der Waals surface area contributed by atoms with Crippen LogP contribution < -0.4 is 5.32 Å². The minimum absolute atomic E-state index is 0.231. The number of alkyl carbamates (subject to hydrolysis) is 1. The molecule has 4 rings (SSSR count). The molecule has 1 amide bonds. The summed E-state index contributed by atoms with van der Waals surface area (Å²) in [5.74, 6) is 1.10. The summed E-state index contributed by atoms with van der Waals surface area (Å²) in [4.78, 5) is 20.5. The van der Waals surface area contributed by atoms with Crippen molar-refractivity contribution in [1.29, 1.82) is 0 Å². The fraction of sp³-hybridized carbons (Fsp3) is 0.261. The number of fused-ring (bicyclic) bond motifs is 1. The minimum atomic E-state index is -0.455. The van der Waals surface area contributed by atoms with Crippen molar-refractivity contribution in [2.45, 2.75) is 32.9 Å². The van der Waals surface area contributed by atoms with Gasteiger partial charge >= 0.3 is 6.09 Å². The maximum absolute atomic E-state index is 12.4. The Hall–Kier alpha value is -3.61. The van der Waals surface area contributed by atoms with Gasteiger partial charge in [0.2, 0.25) is 0 Å². The van der Waals surface area contributed by atoms with Crippen LogP contribution in [0, 0.1) is 5.92 Å². The predicted molar refractivity (Wildman–Crippen MR) is 116 cm³/mol. The molecule has 0 spiro atoms. The molecule has 0 bridgehead atoms. The molecule has 0 aliphatic heterocycles. The standard InChI is InChI=1S/C23H25N5O2/c1-15(2)10-21(28-23(29)30-14-16-6-4-3-5-7-16)22-26-19-9-8-17(11-20(19)27-22)18-12-24-25-13-18/h3-9,11-13,15,21H,10,14H2,1-2H3,(H,24,25)(H,26,27)(H,28,29)/t21-/m1/s1. The molecule has 7 nitrogen and oxygen atoms in total. The van der Waals surface area contributed by atoms with E-state index < -0.39 is 6.09 Å². The summed E-state index contributed by atoms with van der Waals surface area (Å²) in [7, 11) is 0. The number of benzene rings is 2. The van der Waals surface area contributed by atoms with Crippen LogP contribution in [0.4, 0.5) is 4.79 Å². The molecule has 0 saturated carbocycles. The maximum Gasteiger partial charge on any atom is 0.408 e. The summed E-state index contributed by atoms with van der Waals surface area (Å²) in [6, 6.07) is 15.4. The van der Waals surface area contributed by atoms with Gasteiger partial charge in [-0.15, -0.1) is 0 Å². The molecule has 0 aliphatic rings. The van der Waals surface area contributed by atoms with Crippen LogP contribution in [-0.4, -0.2) is 26.3 Å². The molecule has 0 saturated heterocycles. The summed E-state index contributed by atoms with van der Waals surface area (Å²) >= 11 is 0. The number of imidazole rings is 1. The van der Waals surface area contributed by atoms with E-state index >= 15 is 0 Å². The van der Waals surface area contributed by atoms with Crippen molar-refractivity contribution >= 4 is 17.1 Å². The molecule has 1 atom stereocenters. The average molecular weight is 403 g/mol. The number of H-pyrrole nitrogens is 2. The van der Waals surface area contributed by atoms with Crippen LogP contribution in [0.1, 0.15) is 37.7 Å². The lowest BCUT2D eigenvalue weighted by molar-refractivity contribution is 0.134. The molecule has 3 N–H and O–H groups in total. The minimum Gasteiger partial charge on any atom is -0.445 e. The SMILES string of the molecule is CC(C)C[C@@H](NC(=O)OCc1ccccc1)c1nc2ccc(-c3cn[nH]c3)cc2[nH]1. The quantitative estimate of drug-likeness (QED) is 0.406. The van der Waals surface area contributed by atoms with E-state index in [4.69, 9.17) is 9.72 Å². The lowest BCUT2D eigenvalue weighted by Gasteiger charge is -2.18. The van der Waals surface area contributed by atoms with Crippen LogP contribution in [0.3, 0.4) is 0 Å². The second-order valence-electron chi connectivity index (χ2n) is 7.73. The van der Waals surface area contributed by atoms with Crippen LogP contribution in [-0.2, 0) is 11.3 Å². The van der Waals surface area contributed by atoms with Crippen LogP contribution >= 0.6 is 0 Å². The highest BCUT2D eigenvalue weighted by molar-refractivity contribution is 5.82. The first-order valence-corrected chi connectivity index (χ1v) is 10.0. The van der Waals surface area contributed by atoms with Gasteiger partial charge in [-0.2, -0.15) is 5.10 Å². The van der Waals surface area contributed by atoms with Crippen LogP contribution in [0.2, 0.25) is 0 Å². The van der Waals surface area contributed by atoms with Crippen LogP contribution in [0.15, 0.2) is 60.9 Å². The molecule has 4 aromatic rings. The van der Waals surface area contributed by atoms with Crippen LogP contribution in [0.25, 0.3) is 22.2 Å². The Morgan fingerprint density at radius 2 is 1.97 bits per heavy atom. The molecule has 7 heteroatoms. The summed E-state index contributed by atoms with van der Waals surface area (Å²) < 4.78 is 5.40. The highest BCUT2D eigenvalue weighted by atomic mass is 16.5. The summed E-state index contributed by atoms with van der Waals surface area (Å²) in [5.41, 5.74) is 4.77. The van der Waals surface area contributed by atoms with E-state index in [1.165, 1.54) is 0 Å². The number of hydrogen-bond acceptors (Lipinski definition) is 4. The number of aromatic nitrogens is 4. The summed E-state index contributed by atoms with van der Waals surface area (Å²) in [6.07, 6.45) is 3.92. The summed E-state index contributed by atoms with van der Waals surface area (Å²) in [6.45, 7) is 4.46. The van der Waals surface area contributed by atoms with Crippen LogP contribution in [0.5, 0.6) is 0 Å². The van der Waals surface area contributed by atoms with Gasteiger partial charge in [-0.3, -0.25) is 5.10 Å². The molecular formula is C23H25N5O2. The van der Waals surface area contributed by atoms with Crippen molar-refractivity contribution < 1.29 is 9.53 Å². The van der Waals surface area contributed by atoms with Crippen molar-refractivity contribution in [1.82, 2.24) is 25.5 Å². The Balaban J connectivity index is 1.51. The van der Waals surface area contributed by atoms with Gasteiger partial charge in [0.1, 0.15) is 12.4 Å². The molecule has 0 aliphatic carbocycles. The third kappa shape index (κ3) is 4.68. The van der Waals surface area contributed by atoms with Gasteiger partial charge in [0.15, 0.2) is 0 Å². The molecule has 2 aromatic heterocycles. The second kappa shape index (κ2) is 8.82. The lowest BCUT2D eigenvalue weighted by Crippen LogP contribution is -2.30. The highest BCUT2D eigenvalue weighted by Crippen LogP contribution is 2.26. The number of carbonyl (C=O) groups excluding carboxylic acids is 1. The van der Waals surface area contributed by atoms with Gasteiger partial charge in [-0.25, -0.2) is 9.78 Å². The molecular weight excluding hydrogens is 378 g/mol. The third-order valence-electron chi connectivity index (χ3n) is 4.87. The van der Waals surface area contributed by atoms with E-state index in [-0.39, 0.29) is 12.6 Å².